The Morgan fingerprint density at radius 1 is 1.26 bits per heavy atom. The molecule has 1 amide bonds. The molecule has 1 rings (SSSR count). The molecule has 19 heavy (non-hydrogen) atoms. The van der Waals surface area contributed by atoms with Crippen molar-refractivity contribution in [2.45, 2.75) is 45.1 Å². The van der Waals surface area contributed by atoms with Gasteiger partial charge in [-0.15, -0.1) is 0 Å². The summed E-state index contributed by atoms with van der Waals surface area (Å²) in [6.07, 6.45) is 2.87. The Balaban J connectivity index is 2.58. The lowest BCUT2D eigenvalue weighted by atomic mass is 10.1. The van der Waals surface area contributed by atoms with Crippen LogP contribution in [0, 0.1) is 5.92 Å². The number of carbonyl (C=O) groups is 1. The summed E-state index contributed by atoms with van der Waals surface area (Å²) in [5.74, 6) is 0.607. The summed E-state index contributed by atoms with van der Waals surface area (Å²) in [7, 11) is 0. The lowest BCUT2D eigenvalue weighted by Crippen LogP contribution is -2.33. The van der Waals surface area contributed by atoms with Gasteiger partial charge in [0.25, 0.3) is 5.91 Å². The van der Waals surface area contributed by atoms with Crippen LogP contribution in [0.2, 0.25) is 0 Å². The van der Waals surface area contributed by atoms with Crippen molar-refractivity contribution in [2.24, 2.45) is 5.92 Å². The van der Waals surface area contributed by atoms with E-state index in [-0.39, 0.29) is 11.9 Å². The highest BCUT2D eigenvalue weighted by Gasteiger charge is 2.13. The molecule has 0 saturated heterocycles. The summed E-state index contributed by atoms with van der Waals surface area (Å²) >= 11 is 1.51. The van der Waals surface area contributed by atoms with Gasteiger partial charge in [0.05, 0.1) is 4.91 Å². The fraction of sp³-hybridized carbons (Fsp3) is 0.438. The van der Waals surface area contributed by atoms with Gasteiger partial charge in [-0.2, -0.15) is 0 Å². The van der Waals surface area contributed by atoms with Gasteiger partial charge in [-0.25, -0.2) is 0 Å². The fourth-order valence-corrected chi connectivity index (χ4v) is 2.73. The first-order chi connectivity index (χ1) is 9.02. The van der Waals surface area contributed by atoms with Gasteiger partial charge in [-0.1, -0.05) is 49.9 Å². The second kappa shape index (κ2) is 8.05. The van der Waals surface area contributed by atoms with Crippen molar-refractivity contribution in [3.63, 3.8) is 0 Å². The monoisotopic (exact) mass is 277 g/mol. The molecule has 1 atom stereocenters. The van der Waals surface area contributed by atoms with E-state index in [2.05, 4.69) is 26.1 Å². The number of amides is 1. The van der Waals surface area contributed by atoms with E-state index in [0.29, 0.717) is 5.92 Å². The largest absolute Gasteiger partial charge is 0.349 e. The molecule has 0 aliphatic carbocycles. The highest BCUT2D eigenvalue weighted by molar-refractivity contribution is 8.04. The Bertz CT molecular complexity index is 426. The van der Waals surface area contributed by atoms with Crippen LogP contribution < -0.4 is 5.32 Å². The zero-order chi connectivity index (χ0) is 14.3. The smallest absolute Gasteiger partial charge is 0.257 e. The second-order valence-electron chi connectivity index (χ2n) is 5.07. The molecule has 0 aromatic heterocycles. The van der Waals surface area contributed by atoms with E-state index in [9.17, 15) is 4.79 Å². The first-order valence-corrected chi connectivity index (χ1v) is 7.54. The average molecular weight is 277 g/mol. The first kappa shape index (κ1) is 15.8. The zero-order valence-corrected chi connectivity index (χ0v) is 13.0. The predicted molar refractivity (Wildman–Crippen MR) is 83.1 cm³/mol. The van der Waals surface area contributed by atoms with E-state index < -0.39 is 0 Å². The Morgan fingerprint density at radius 2 is 1.89 bits per heavy atom. The molecule has 0 saturated carbocycles. The van der Waals surface area contributed by atoms with Crippen LogP contribution in [0.5, 0.6) is 0 Å². The van der Waals surface area contributed by atoms with E-state index in [1.807, 2.05) is 43.3 Å². The third-order valence-electron chi connectivity index (χ3n) is 2.66. The molecule has 0 spiro atoms. The molecule has 1 aromatic carbocycles. The SMILES string of the molecule is C/C=C(/Sc1ccccc1)C(=O)NC(C)CC(C)C. The molecule has 0 radical (unpaired) electrons. The van der Waals surface area contributed by atoms with Crippen LogP contribution in [0.25, 0.3) is 0 Å². The Kier molecular flexibility index (Phi) is 6.71. The van der Waals surface area contributed by atoms with Crippen LogP contribution in [0.3, 0.4) is 0 Å². The predicted octanol–water partition coefficient (Wildman–Crippen LogP) is 4.23. The molecule has 1 N–H and O–H groups in total. The van der Waals surface area contributed by atoms with Crippen LogP contribution >= 0.6 is 11.8 Å². The van der Waals surface area contributed by atoms with Gasteiger partial charge in [0.1, 0.15) is 0 Å². The molecule has 1 unspecified atom stereocenters. The van der Waals surface area contributed by atoms with E-state index >= 15 is 0 Å². The molecular weight excluding hydrogens is 254 g/mol. The molecule has 0 heterocycles. The lowest BCUT2D eigenvalue weighted by Gasteiger charge is -2.17. The van der Waals surface area contributed by atoms with Gasteiger partial charge in [0.15, 0.2) is 0 Å². The summed E-state index contributed by atoms with van der Waals surface area (Å²) in [6.45, 7) is 8.28. The van der Waals surface area contributed by atoms with Crippen LogP contribution in [0.1, 0.15) is 34.1 Å². The number of benzene rings is 1. The molecule has 3 heteroatoms. The van der Waals surface area contributed by atoms with Crippen LogP contribution in [0.15, 0.2) is 46.2 Å². The maximum atomic E-state index is 12.2. The fourth-order valence-electron chi connectivity index (χ4n) is 1.91. The molecule has 0 bridgehead atoms. The van der Waals surface area contributed by atoms with Gasteiger partial charge in [-0.05, 0) is 38.3 Å². The minimum atomic E-state index is 0.0181. The Labute approximate surface area is 120 Å². The number of allylic oxidation sites excluding steroid dienone is 1. The quantitative estimate of drug-likeness (QED) is 0.622. The maximum absolute atomic E-state index is 12.2. The summed E-state index contributed by atoms with van der Waals surface area (Å²) in [4.78, 5) is 14.0. The third-order valence-corrected chi connectivity index (χ3v) is 3.81. The summed E-state index contributed by atoms with van der Waals surface area (Å²) in [6, 6.07) is 10.2. The molecule has 2 nitrogen and oxygen atoms in total. The van der Waals surface area contributed by atoms with Crippen molar-refractivity contribution in [2.75, 3.05) is 0 Å². The zero-order valence-electron chi connectivity index (χ0n) is 12.1. The molecule has 0 fully saturated rings. The first-order valence-electron chi connectivity index (χ1n) is 6.73. The number of rotatable bonds is 6. The van der Waals surface area contributed by atoms with Crippen molar-refractivity contribution in [3.8, 4) is 0 Å². The van der Waals surface area contributed by atoms with Gasteiger partial charge >= 0.3 is 0 Å². The number of nitrogens with one attached hydrogen (secondary N) is 1. The normalized spacial score (nSPS) is 13.4. The molecule has 104 valence electrons. The highest BCUT2D eigenvalue weighted by atomic mass is 32.2. The Morgan fingerprint density at radius 3 is 2.42 bits per heavy atom. The van der Waals surface area contributed by atoms with E-state index in [1.165, 1.54) is 11.8 Å². The van der Waals surface area contributed by atoms with E-state index in [1.54, 1.807) is 0 Å². The van der Waals surface area contributed by atoms with Crippen molar-refractivity contribution >= 4 is 17.7 Å². The average Bonchev–Trinajstić information content (AvgIpc) is 2.35. The second-order valence-corrected chi connectivity index (χ2v) is 6.19. The van der Waals surface area contributed by atoms with E-state index in [0.717, 1.165) is 16.2 Å². The Hall–Kier alpha value is -1.22. The molecular formula is C16H23NOS. The number of hydrogen-bond acceptors (Lipinski definition) is 2. The molecule has 0 aliphatic heterocycles. The summed E-state index contributed by atoms with van der Waals surface area (Å²) < 4.78 is 0. The topological polar surface area (TPSA) is 29.1 Å². The van der Waals surface area contributed by atoms with Crippen LogP contribution in [0.4, 0.5) is 0 Å². The number of carbonyl (C=O) groups excluding carboxylic acids is 1. The maximum Gasteiger partial charge on any atom is 0.257 e. The minimum absolute atomic E-state index is 0.0181. The van der Waals surface area contributed by atoms with Crippen molar-refractivity contribution in [1.29, 1.82) is 0 Å². The minimum Gasteiger partial charge on any atom is -0.349 e. The van der Waals surface area contributed by atoms with Crippen LogP contribution in [-0.2, 0) is 4.79 Å². The van der Waals surface area contributed by atoms with E-state index in [4.69, 9.17) is 0 Å². The standard InChI is InChI=1S/C16H23NOS/c1-5-15(19-14-9-7-6-8-10-14)16(18)17-13(4)11-12(2)3/h5-10,12-13H,11H2,1-4H3,(H,17,18)/b15-5+. The summed E-state index contributed by atoms with van der Waals surface area (Å²) in [5.41, 5.74) is 0. The van der Waals surface area contributed by atoms with Crippen molar-refractivity contribution in [1.82, 2.24) is 5.32 Å². The molecule has 1 aromatic rings. The van der Waals surface area contributed by atoms with Gasteiger partial charge in [0.2, 0.25) is 0 Å². The highest BCUT2D eigenvalue weighted by Crippen LogP contribution is 2.26. The molecule has 0 aliphatic rings. The van der Waals surface area contributed by atoms with Crippen molar-refractivity contribution < 1.29 is 4.79 Å². The summed E-state index contributed by atoms with van der Waals surface area (Å²) in [5, 5.41) is 3.05. The number of thioether (sulfide) groups is 1. The van der Waals surface area contributed by atoms with Gasteiger partial charge in [-0.3, -0.25) is 4.79 Å². The van der Waals surface area contributed by atoms with Gasteiger partial charge in [0, 0.05) is 10.9 Å². The van der Waals surface area contributed by atoms with Crippen LogP contribution in [-0.4, -0.2) is 11.9 Å². The van der Waals surface area contributed by atoms with Crippen molar-refractivity contribution in [3.05, 3.63) is 41.3 Å². The van der Waals surface area contributed by atoms with Gasteiger partial charge < -0.3 is 5.32 Å². The number of hydrogen-bond donors (Lipinski definition) is 1. The third kappa shape index (κ3) is 5.97. The lowest BCUT2D eigenvalue weighted by molar-refractivity contribution is -0.117.